The van der Waals surface area contributed by atoms with Crippen LogP contribution in [0.25, 0.3) is 0 Å². The number of amides is 1. The smallest absolute Gasteiger partial charge is 0.303 e. The maximum atomic E-state index is 12.8. The molecule has 0 bridgehead atoms. The highest BCUT2D eigenvalue weighted by molar-refractivity contribution is 6.30. The summed E-state index contributed by atoms with van der Waals surface area (Å²) in [5, 5.41) is 9.55. The van der Waals surface area contributed by atoms with E-state index in [1.54, 1.807) is 0 Å². The monoisotopic (exact) mass is 337 g/mol. The number of piperidine rings is 1. The van der Waals surface area contributed by atoms with Gasteiger partial charge in [0.15, 0.2) is 0 Å². The van der Waals surface area contributed by atoms with Crippen LogP contribution in [0.15, 0.2) is 24.3 Å². The third-order valence-corrected chi connectivity index (χ3v) is 4.71. The highest BCUT2D eigenvalue weighted by atomic mass is 35.5. The zero-order valence-electron chi connectivity index (χ0n) is 13.7. The van der Waals surface area contributed by atoms with Gasteiger partial charge in [-0.15, -0.1) is 0 Å². The van der Waals surface area contributed by atoms with E-state index in [0.29, 0.717) is 24.5 Å². The first-order valence-electron chi connectivity index (χ1n) is 8.03. The van der Waals surface area contributed by atoms with Gasteiger partial charge in [0, 0.05) is 29.9 Å². The lowest BCUT2D eigenvalue weighted by Crippen LogP contribution is -2.46. The number of carboxylic acids is 1. The highest BCUT2D eigenvalue weighted by Crippen LogP contribution is 2.29. The van der Waals surface area contributed by atoms with Gasteiger partial charge in [-0.05, 0) is 42.9 Å². The molecule has 0 aliphatic carbocycles. The van der Waals surface area contributed by atoms with Crippen LogP contribution in [0.3, 0.4) is 0 Å². The van der Waals surface area contributed by atoms with Crippen LogP contribution >= 0.6 is 11.6 Å². The minimum Gasteiger partial charge on any atom is -0.481 e. The van der Waals surface area contributed by atoms with Crippen molar-refractivity contribution in [1.82, 2.24) is 4.90 Å². The summed E-state index contributed by atoms with van der Waals surface area (Å²) >= 11 is 6.02. The summed E-state index contributed by atoms with van der Waals surface area (Å²) in [6.45, 7) is 5.21. The lowest BCUT2D eigenvalue weighted by Gasteiger charge is -2.36. The average Bonchev–Trinajstić information content (AvgIpc) is 2.46. The molecule has 0 unspecified atom stereocenters. The molecule has 1 heterocycles. The van der Waals surface area contributed by atoms with Gasteiger partial charge in [0.2, 0.25) is 5.91 Å². The molecule has 1 saturated heterocycles. The first kappa shape index (κ1) is 17.8. The van der Waals surface area contributed by atoms with Gasteiger partial charge >= 0.3 is 5.97 Å². The molecule has 0 radical (unpaired) electrons. The molecule has 0 spiro atoms. The number of rotatable bonds is 5. The zero-order chi connectivity index (χ0) is 17.0. The highest BCUT2D eigenvalue weighted by Gasteiger charge is 2.34. The normalized spacial score (nSPS) is 16.4. The molecule has 1 aliphatic rings. The molecular weight excluding hydrogens is 314 g/mol. The van der Waals surface area contributed by atoms with Crippen LogP contribution in [0.5, 0.6) is 0 Å². The van der Waals surface area contributed by atoms with Gasteiger partial charge in [0.25, 0.3) is 0 Å². The topological polar surface area (TPSA) is 57.6 Å². The van der Waals surface area contributed by atoms with E-state index in [9.17, 15) is 9.59 Å². The molecule has 0 saturated carbocycles. The van der Waals surface area contributed by atoms with E-state index in [2.05, 4.69) is 0 Å². The number of nitrogens with zero attached hydrogens (tertiary/aromatic N) is 1. The molecule has 0 aromatic heterocycles. The summed E-state index contributed by atoms with van der Waals surface area (Å²) in [7, 11) is 0. The average molecular weight is 338 g/mol. The molecule has 0 atom stereocenters. The van der Waals surface area contributed by atoms with Gasteiger partial charge in [-0.25, -0.2) is 0 Å². The van der Waals surface area contributed by atoms with E-state index < -0.39 is 11.4 Å². The maximum Gasteiger partial charge on any atom is 0.303 e. The molecular formula is C18H24ClNO3. The van der Waals surface area contributed by atoms with Gasteiger partial charge in [0.05, 0.1) is 0 Å². The minimum absolute atomic E-state index is 0.131. The van der Waals surface area contributed by atoms with E-state index in [4.69, 9.17) is 16.7 Å². The Hall–Kier alpha value is -1.55. The van der Waals surface area contributed by atoms with Crippen molar-refractivity contribution in [3.63, 3.8) is 0 Å². The second-order valence-corrected chi connectivity index (χ2v) is 7.46. The van der Waals surface area contributed by atoms with Gasteiger partial charge in [-0.2, -0.15) is 0 Å². The van der Waals surface area contributed by atoms with Crippen LogP contribution in [0.1, 0.15) is 38.7 Å². The van der Waals surface area contributed by atoms with Crippen molar-refractivity contribution in [2.75, 3.05) is 13.1 Å². The SMILES string of the molecule is CC(C)(Cc1cccc(Cl)c1)C(=O)N1CCC(CC(=O)O)CC1. The molecule has 1 aliphatic heterocycles. The van der Waals surface area contributed by atoms with E-state index in [1.807, 2.05) is 43.0 Å². The van der Waals surface area contributed by atoms with Crippen molar-refractivity contribution in [1.29, 1.82) is 0 Å². The van der Waals surface area contributed by atoms with Gasteiger partial charge in [0.1, 0.15) is 0 Å². The first-order chi connectivity index (χ1) is 10.8. The molecule has 23 heavy (non-hydrogen) atoms. The van der Waals surface area contributed by atoms with Crippen molar-refractivity contribution in [3.8, 4) is 0 Å². The number of carbonyl (C=O) groups excluding carboxylic acids is 1. The molecule has 4 nitrogen and oxygen atoms in total. The van der Waals surface area contributed by atoms with Crippen molar-refractivity contribution in [2.45, 2.75) is 39.5 Å². The Morgan fingerprint density at radius 3 is 2.52 bits per heavy atom. The lowest BCUT2D eigenvalue weighted by molar-refractivity contribution is -0.142. The molecule has 1 N–H and O–H groups in total. The summed E-state index contributed by atoms with van der Waals surface area (Å²) < 4.78 is 0. The molecule has 1 aromatic carbocycles. The minimum atomic E-state index is -0.754. The molecule has 126 valence electrons. The molecule has 1 aromatic rings. The van der Waals surface area contributed by atoms with E-state index in [0.717, 1.165) is 18.4 Å². The summed E-state index contributed by atoms with van der Waals surface area (Å²) in [4.78, 5) is 25.5. The van der Waals surface area contributed by atoms with Gasteiger partial charge in [-0.1, -0.05) is 37.6 Å². The molecule has 5 heteroatoms. The first-order valence-corrected chi connectivity index (χ1v) is 8.41. The van der Waals surface area contributed by atoms with Crippen LogP contribution in [0.2, 0.25) is 5.02 Å². The summed E-state index contributed by atoms with van der Waals surface area (Å²) in [6, 6.07) is 7.61. The Morgan fingerprint density at radius 2 is 1.96 bits per heavy atom. The van der Waals surface area contributed by atoms with Crippen LogP contribution in [0.4, 0.5) is 0 Å². The fourth-order valence-corrected chi connectivity index (χ4v) is 3.46. The molecule has 2 rings (SSSR count). The molecule has 1 fully saturated rings. The standard InChI is InChI=1S/C18H24ClNO3/c1-18(2,12-14-4-3-5-15(19)10-14)17(23)20-8-6-13(7-9-20)11-16(21)22/h3-5,10,13H,6-9,11-12H2,1-2H3,(H,21,22). The number of hydrogen-bond acceptors (Lipinski definition) is 2. The predicted molar refractivity (Wildman–Crippen MR) is 90.5 cm³/mol. The largest absolute Gasteiger partial charge is 0.481 e. The Morgan fingerprint density at radius 1 is 1.30 bits per heavy atom. The predicted octanol–water partition coefficient (Wildman–Crippen LogP) is 3.62. The summed E-state index contributed by atoms with van der Waals surface area (Å²) in [5.74, 6) is -0.435. The van der Waals surface area contributed by atoms with E-state index in [-0.39, 0.29) is 18.2 Å². The summed E-state index contributed by atoms with van der Waals surface area (Å²) in [6.07, 6.45) is 2.38. The van der Waals surface area contributed by atoms with Crippen molar-refractivity contribution >= 4 is 23.5 Å². The molecule has 1 amide bonds. The van der Waals surface area contributed by atoms with Crippen LogP contribution < -0.4 is 0 Å². The third kappa shape index (κ3) is 4.96. The van der Waals surface area contributed by atoms with Gasteiger partial charge in [-0.3, -0.25) is 9.59 Å². The van der Waals surface area contributed by atoms with Crippen molar-refractivity contribution in [3.05, 3.63) is 34.9 Å². The number of likely N-dealkylation sites (tertiary alicyclic amines) is 1. The maximum absolute atomic E-state index is 12.8. The Balaban J connectivity index is 1.95. The van der Waals surface area contributed by atoms with Crippen LogP contribution in [0, 0.1) is 11.3 Å². The second-order valence-electron chi connectivity index (χ2n) is 7.02. The number of carbonyl (C=O) groups is 2. The number of carboxylic acid groups (broad SMARTS) is 1. The fourth-order valence-electron chi connectivity index (χ4n) is 3.25. The Bertz CT molecular complexity index is 577. The number of benzene rings is 1. The van der Waals surface area contributed by atoms with Gasteiger partial charge < -0.3 is 10.0 Å². The van der Waals surface area contributed by atoms with Crippen LogP contribution in [-0.2, 0) is 16.0 Å². The number of hydrogen-bond donors (Lipinski definition) is 1. The Kier molecular flexibility index (Phi) is 5.69. The fraction of sp³-hybridized carbons (Fsp3) is 0.556. The quantitative estimate of drug-likeness (QED) is 0.892. The number of aliphatic carboxylic acids is 1. The number of halogens is 1. The Labute approximate surface area is 142 Å². The van der Waals surface area contributed by atoms with Crippen molar-refractivity contribution in [2.24, 2.45) is 11.3 Å². The lowest BCUT2D eigenvalue weighted by atomic mass is 9.83. The second kappa shape index (κ2) is 7.35. The van der Waals surface area contributed by atoms with Crippen molar-refractivity contribution < 1.29 is 14.7 Å². The van der Waals surface area contributed by atoms with E-state index in [1.165, 1.54) is 0 Å². The van der Waals surface area contributed by atoms with E-state index >= 15 is 0 Å². The van der Waals surface area contributed by atoms with Crippen LogP contribution in [-0.4, -0.2) is 35.0 Å². The zero-order valence-corrected chi connectivity index (χ0v) is 14.5. The third-order valence-electron chi connectivity index (χ3n) is 4.48. The summed E-state index contributed by atoms with van der Waals surface area (Å²) in [5.41, 5.74) is 0.557.